The maximum absolute atomic E-state index is 13.4. The summed E-state index contributed by atoms with van der Waals surface area (Å²) in [4.78, 5) is 11.5. The van der Waals surface area contributed by atoms with Gasteiger partial charge in [-0.25, -0.2) is 9.18 Å². The van der Waals surface area contributed by atoms with Crippen LogP contribution in [0.3, 0.4) is 0 Å². The fourth-order valence-electron chi connectivity index (χ4n) is 1.43. The lowest BCUT2D eigenvalue weighted by Gasteiger charge is -2.14. The van der Waals surface area contributed by atoms with Crippen molar-refractivity contribution < 1.29 is 27.8 Å². The molecule has 0 aliphatic carbocycles. The third kappa shape index (κ3) is 5.35. The summed E-state index contributed by atoms with van der Waals surface area (Å²) in [5.41, 5.74) is 0.0952. The Labute approximate surface area is 113 Å². The minimum Gasteiger partial charge on any atom is -0.432 e. The van der Waals surface area contributed by atoms with E-state index in [9.17, 15) is 18.0 Å². The van der Waals surface area contributed by atoms with E-state index in [-0.39, 0.29) is 18.3 Å². The van der Waals surface area contributed by atoms with E-state index < -0.39 is 24.2 Å². The van der Waals surface area contributed by atoms with Crippen molar-refractivity contribution in [3.8, 4) is 5.75 Å². The Balaban J connectivity index is 2.60. The van der Waals surface area contributed by atoms with Gasteiger partial charge in [-0.2, -0.15) is 8.78 Å². The van der Waals surface area contributed by atoms with Crippen molar-refractivity contribution in [3.05, 3.63) is 24.0 Å². The molecule has 1 rings (SSSR count). The number of halogens is 3. The average molecular weight is 292 g/mol. The molecule has 0 radical (unpaired) electrons. The second kappa shape index (κ2) is 7.59. The van der Waals surface area contributed by atoms with Crippen LogP contribution < -0.4 is 15.4 Å². The summed E-state index contributed by atoms with van der Waals surface area (Å²) < 4.78 is 41.2. The normalized spacial score (nSPS) is 12.1. The molecular formula is C12H15F3N2O3. The number of urea groups is 1. The van der Waals surface area contributed by atoms with Crippen molar-refractivity contribution in [2.24, 2.45) is 0 Å². The first-order chi connectivity index (χ1) is 9.42. The lowest BCUT2D eigenvalue weighted by Crippen LogP contribution is -2.36. The Hall–Kier alpha value is -1.96. The van der Waals surface area contributed by atoms with E-state index in [1.165, 1.54) is 6.07 Å². The highest BCUT2D eigenvalue weighted by atomic mass is 19.3. The first kappa shape index (κ1) is 16.1. The van der Waals surface area contributed by atoms with E-state index in [1.54, 1.807) is 6.92 Å². The zero-order chi connectivity index (χ0) is 15.1. The number of anilines is 1. The standard InChI is InChI=1S/C12H15F3N2O3/c1-7(4-5-18)16-12(19)17-8-2-3-10(9(13)6-8)20-11(14)15/h2-3,6-7,11,18H,4-5H2,1H3,(H2,16,17,19)/t7-/m1/s1. The van der Waals surface area contributed by atoms with Crippen LogP contribution in [0.1, 0.15) is 13.3 Å². The number of rotatable bonds is 6. The van der Waals surface area contributed by atoms with Gasteiger partial charge >= 0.3 is 12.6 Å². The highest BCUT2D eigenvalue weighted by Crippen LogP contribution is 2.22. The van der Waals surface area contributed by atoms with Gasteiger partial charge < -0.3 is 20.5 Å². The van der Waals surface area contributed by atoms with Gasteiger partial charge in [-0.15, -0.1) is 0 Å². The Morgan fingerprint density at radius 2 is 2.15 bits per heavy atom. The van der Waals surface area contributed by atoms with Crippen LogP contribution in [-0.4, -0.2) is 30.4 Å². The molecule has 0 unspecified atom stereocenters. The molecule has 112 valence electrons. The molecule has 0 aliphatic heterocycles. The zero-order valence-corrected chi connectivity index (χ0v) is 10.7. The predicted octanol–water partition coefficient (Wildman–Crippen LogP) is 2.32. The van der Waals surface area contributed by atoms with E-state index >= 15 is 0 Å². The molecule has 0 aromatic heterocycles. The summed E-state index contributed by atoms with van der Waals surface area (Å²) >= 11 is 0. The number of nitrogens with one attached hydrogen (secondary N) is 2. The van der Waals surface area contributed by atoms with Gasteiger partial charge in [-0.1, -0.05) is 0 Å². The van der Waals surface area contributed by atoms with Gasteiger partial charge in [0, 0.05) is 24.4 Å². The molecule has 0 spiro atoms. The summed E-state index contributed by atoms with van der Waals surface area (Å²) in [6.07, 6.45) is 0.378. The third-order valence-electron chi connectivity index (χ3n) is 2.35. The van der Waals surface area contributed by atoms with E-state index in [0.29, 0.717) is 6.42 Å². The molecule has 1 aromatic rings. The van der Waals surface area contributed by atoms with Crippen LogP contribution in [-0.2, 0) is 0 Å². The molecule has 3 N–H and O–H groups in total. The SMILES string of the molecule is C[C@H](CCO)NC(=O)Nc1ccc(OC(F)F)c(F)c1. The van der Waals surface area contributed by atoms with Crippen molar-refractivity contribution in [2.45, 2.75) is 26.0 Å². The molecule has 20 heavy (non-hydrogen) atoms. The van der Waals surface area contributed by atoms with E-state index in [4.69, 9.17) is 5.11 Å². The monoisotopic (exact) mass is 292 g/mol. The molecule has 0 aliphatic rings. The van der Waals surface area contributed by atoms with Crippen molar-refractivity contribution in [1.29, 1.82) is 0 Å². The quantitative estimate of drug-likeness (QED) is 0.753. The maximum atomic E-state index is 13.4. The van der Waals surface area contributed by atoms with E-state index in [2.05, 4.69) is 15.4 Å². The third-order valence-corrected chi connectivity index (χ3v) is 2.35. The molecule has 2 amide bonds. The van der Waals surface area contributed by atoms with Gasteiger partial charge in [0.2, 0.25) is 0 Å². The fraction of sp³-hybridized carbons (Fsp3) is 0.417. The number of benzene rings is 1. The molecule has 0 heterocycles. The maximum Gasteiger partial charge on any atom is 0.387 e. The van der Waals surface area contributed by atoms with Gasteiger partial charge in [-0.3, -0.25) is 0 Å². The summed E-state index contributed by atoms with van der Waals surface area (Å²) in [7, 11) is 0. The summed E-state index contributed by atoms with van der Waals surface area (Å²) in [6.45, 7) is -1.50. The van der Waals surface area contributed by atoms with Gasteiger partial charge in [0.1, 0.15) is 0 Å². The van der Waals surface area contributed by atoms with Crippen LogP contribution in [0.4, 0.5) is 23.7 Å². The highest BCUT2D eigenvalue weighted by Gasteiger charge is 2.12. The minimum atomic E-state index is -3.12. The van der Waals surface area contributed by atoms with Crippen LogP contribution >= 0.6 is 0 Å². The van der Waals surface area contributed by atoms with Crippen LogP contribution in [0.25, 0.3) is 0 Å². The van der Waals surface area contributed by atoms with Gasteiger partial charge in [0.25, 0.3) is 0 Å². The molecule has 0 bridgehead atoms. The zero-order valence-electron chi connectivity index (χ0n) is 10.7. The number of carbonyl (C=O) groups is 1. The van der Waals surface area contributed by atoms with E-state index in [0.717, 1.165) is 12.1 Å². The van der Waals surface area contributed by atoms with Crippen LogP contribution in [0.5, 0.6) is 5.75 Å². The number of hydrogen-bond acceptors (Lipinski definition) is 3. The van der Waals surface area contributed by atoms with Gasteiger partial charge in [-0.05, 0) is 25.5 Å². The number of amides is 2. The molecule has 1 aromatic carbocycles. The fourth-order valence-corrected chi connectivity index (χ4v) is 1.43. The van der Waals surface area contributed by atoms with Gasteiger partial charge in [0.15, 0.2) is 11.6 Å². The summed E-state index contributed by atoms with van der Waals surface area (Å²) in [5, 5.41) is 13.5. The molecule has 0 fully saturated rings. The minimum absolute atomic E-state index is 0.0737. The smallest absolute Gasteiger partial charge is 0.387 e. The topological polar surface area (TPSA) is 70.6 Å². The number of ether oxygens (including phenoxy) is 1. The average Bonchev–Trinajstić information content (AvgIpc) is 2.32. The van der Waals surface area contributed by atoms with Crippen molar-refractivity contribution >= 4 is 11.7 Å². The Kier molecular flexibility index (Phi) is 6.10. The molecular weight excluding hydrogens is 277 g/mol. The lowest BCUT2D eigenvalue weighted by molar-refractivity contribution is -0.0521. The summed E-state index contributed by atoms with van der Waals surface area (Å²) in [6, 6.07) is 2.25. The number of aliphatic hydroxyl groups excluding tert-OH is 1. The van der Waals surface area contributed by atoms with Crippen LogP contribution in [0, 0.1) is 5.82 Å². The Bertz CT molecular complexity index is 458. The molecule has 1 atom stereocenters. The van der Waals surface area contributed by atoms with Crippen molar-refractivity contribution in [1.82, 2.24) is 5.32 Å². The highest BCUT2D eigenvalue weighted by molar-refractivity contribution is 5.89. The lowest BCUT2D eigenvalue weighted by atomic mass is 10.2. The number of alkyl halides is 2. The molecule has 5 nitrogen and oxygen atoms in total. The second-order valence-corrected chi connectivity index (χ2v) is 4.04. The molecule has 8 heteroatoms. The Morgan fingerprint density at radius 1 is 1.45 bits per heavy atom. The molecule has 0 saturated carbocycles. The number of carbonyl (C=O) groups excluding carboxylic acids is 1. The van der Waals surface area contributed by atoms with Crippen molar-refractivity contribution in [3.63, 3.8) is 0 Å². The van der Waals surface area contributed by atoms with Crippen LogP contribution in [0.2, 0.25) is 0 Å². The first-order valence-corrected chi connectivity index (χ1v) is 5.85. The number of aliphatic hydroxyl groups is 1. The van der Waals surface area contributed by atoms with Crippen LogP contribution in [0.15, 0.2) is 18.2 Å². The molecule has 0 saturated heterocycles. The van der Waals surface area contributed by atoms with E-state index in [1.807, 2.05) is 0 Å². The first-order valence-electron chi connectivity index (χ1n) is 5.85. The predicted molar refractivity (Wildman–Crippen MR) is 66.4 cm³/mol. The largest absolute Gasteiger partial charge is 0.432 e. The van der Waals surface area contributed by atoms with Crippen molar-refractivity contribution in [2.75, 3.05) is 11.9 Å². The second-order valence-electron chi connectivity index (χ2n) is 4.04. The van der Waals surface area contributed by atoms with Gasteiger partial charge in [0.05, 0.1) is 0 Å². The number of hydrogen-bond donors (Lipinski definition) is 3. The summed E-state index contributed by atoms with van der Waals surface area (Å²) in [5.74, 6) is -1.61. The Morgan fingerprint density at radius 3 is 2.70 bits per heavy atom.